The monoisotopic (exact) mass is 264 g/mol. The van der Waals surface area contributed by atoms with E-state index in [4.69, 9.17) is 9.52 Å². The molecule has 0 unspecified atom stereocenters. The van der Waals surface area contributed by atoms with E-state index >= 15 is 0 Å². The molecule has 2 heterocycles. The van der Waals surface area contributed by atoms with Gasteiger partial charge in [-0.1, -0.05) is 35.8 Å². The number of hydrogen-bond donors (Lipinski definition) is 0. The zero-order valence-corrected chi connectivity index (χ0v) is 11.2. The van der Waals surface area contributed by atoms with Crippen molar-refractivity contribution < 1.29 is 4.52 Å². The van der Waals surface area contributed by atoms with Gasteiger partial charge in [-0.25, -0.2) is 4.68 Å². The van der Waals surface area contributed by atoms with E-state index in [1.165, 1.54) is 32.1 Å². The van der Waals surface area contributed by atoms with E-state index in [0.717, 1.165) is 9.81 Å². The van der Waals surface area contributed by atoms with Gasteiger partial charge in [0, 0.05) is 13.1 Å². The second kappa shape index (κ2) is 5.06. The molecule has 6 heteroatoms. The van der Waals surface area contributed by atoms with Crippen LogP contribution in [0.4, 0.5) is 0 Å². The first kappa shape index (κ1) is 11.6. The molecule has 2 aromatic rings. The summed E-state index contributed by atoms with van der Waals surface area (Å²) in [5.41, 5.74) is 0. The Labute approximate surface area is 109 Å². The molecule has 0 aromatic carbocycles. The van der Waals surface area contributed by atoms with Gasteiger partial charge in [-0.15, -0.1) is 0 Å². The Bertz CT molecular complexity index is 563. The van der Waals surface area contributed by atoms with Crippen molar-refractivity contribution in [2.45, 2.75) is 38.1 Å². The molecule has 18 heavy (non-hydrogen) atoms. The highest BCUT2D eigenvalue weighted by Gasteiger charge is 2.13. The summed E-state index contributed by atoms with van der Waals surface area (Å²) in [6, 6.07) is 2.29. The summed E-state index contributed by atoms with van der Waals surface area (Å²) in [5, 5.41) is 8.97. The summed E-state index contributed by atoms with van der Waals surface area (Å²) in [6.45, 7) is 0. The lowest BCUT2D eigenvalue weighted by Crippen LogP contribution is -2.18. The molecule has 1 aliphatic carbocycles. The minimum absolute atomic E-state index is 0.466. The van der Waals surface area contributed by atoms with Gasteiger partial charge in [0.25, 0.3) is 0 Å². The van der Waals surface area contributed by atoms with Crippen molar-refractivity contribution in [2.24, 2.45) is 12.0 Å². The number of nitrogens with zero attached hydrogens (tertiary/aromatic N) is 4. The van der Waals surface area contributed by atoms with Crippen molar-refractivity contribution in [1.29, 1.82) is 0 Å². The van der Waals surface area contributed by atoms with Crippen molar-refractivity contribution in [3.05, 3.63) is 17.1 Å². The zero-order valence-electron chi connectivity index (χ0n) is 10.4. The van der Waals surface area contributed by atoms with Crippen LogP contribution < -0.4 is 4.80 Å². The highest BCUT2D eigenvalue weighted by molar-refractivity contribution is 7.12. The molecule has 0 spiro atoms. The van der Waals surface area contributed by atoms with Crippen LogP contribution in [0.15, 0.2) is 21.8 Å². The lowest BCUT2D eigenvalue weighted by atomic mass is 9.96. The van der Waals surface area contributed by atoms with Crippen LogP contribution in [-0.4, -0.2) is 21.0 Å². The summed E-state index contributed by atoms with van der Waals surface area (Å²) in [4.78, 5) is 5.77. The molecule has 1 saturated carbocycles. The van der Waals surface area contributed by atoms with E-state index in [2.05, 4.69) is 10.3 Å². The quantitative estimate of drug-likeness (QED) is 0.836. The van der Waals surface area contributed by atoms with Crippen LogP contribution in [0.3, 0.4) is 0 Å². The molecule has 0 radical (unpaired) electrons. The lowest BCUT2D eigenvalue weighted by molar-refractivity contribution is 0.430. The van der Waals surface area contributed by atoms with E-state index in [9.17, 15) is 0 Å². The molecular formula is C12H16N4OS. The van der Waals surface area contributed by atoms with Crippen molar-refractivity contribution in [1.82, 2.24) is 14.9 Å². The third-order valence-corrected chi connectivity index (χ3v) is 4.25. The molecule has 0 aliphatic heterocycles. The summed E-state index contributed by atoms with van der Waals surface area (Å²) in [7, 11) is 1.93. The number of aromatic nitrogens is 3. The van der Waals surface area contributed by atoms with Gasteiger partial charge in [-0.3, -0.25) is 4.99 Å². The fraction of sp³-hybridized carbons (Fsp3) is 0.583. The molecule has 0 atom stereocenters. The lowest BCUT2D eigenvalue weighted by Gasteiger charge is -2.16. The summed E-state index contributed by atoms with van der Waals surface area (Å²) in [5.74, 6) is 0.709. The van der Waals surface area contributed by atoms with Crippen LogP contribution in [0.1, 0.15) is 32.1 Å². The molecule has 0 saturated heterocycles. The maximum absolute atomic E-state index is 5.12. The van der Waals surface area contributed by atoms with Crippen LogP contribution in [0.25, 0.3) is 10.8 Å². The number of rotatable bonds is 2. The van der Waals surface area contributed by atoms with Gasteiger partial charge in [0.1, 0.15) is 0 Å². The minimum Gasteiger partial charge on any atom is -0.354 e. The molecule has 5 nitrogen and oxygen atoms in total. The fourth-order valence-electron chi connectivity index (χ4n) is 2.25. The first-order valence-electron chi connectivity index (χ1n) is 6.32. The maximum atomic E-state index is 5.12. The van der Waals surface area contributed by atoms with Crippen LogP contribution in [0, 0.1) is 0 Å². The molecule has 0 N–H and O–H groups in total. The second-order valence-corrected chi connectivity index (χ2v) is 5.57. The Hall–Kier alpha value is -1.43. The molecule has 96 valence electrons. The average molecular weight is 264 g/mol. The smallest absolute Gasteiger partial charge is 0.203 e. The molecule has 2 aromatic heterocycles. The third-order valence-electron chi connectivity index (χ3n) is 3.22. The Kier molecular flexibility index (Phi) is 3.27. The molecule has 0 bridgehead atoms. The first-order chi connectivity index (χ1) is 8.83. The number of hydrogen-bond acceptors (Lipinski definition) is 5. The average Bonchev–Trinajstić information content (AvgIpc) is 3.01. The van der Waals surface area contributed by atoms with E-state index in [1.807, 2.05) is 17.8 Å². The highest BCUT2D eigenvalue weighted by Crippen LogP contribution is 2.21. The highest BCUT2D eigenvalue weighted by atomic mass is 32.1. The van der Waals surface area contributed by atoms with Crippen molar-refractivity contribution in [3.8, 4) is 10.8 Å². The van der Waals surface area contributed by atoms with Crippen molar-refractivity contribution in [2.75, 3.05) is 0 Å². The van der Waals surface area contributed by atoms with E-state index < -0.39 is 0 Å². The van der Waals surface area contributed by atoms with E-state index in [0.29, 0.717) is 11.8 Å². The molecule has 3 rings (SSSR count). The molecule has 0 amide bonds. The predicted octanol–water partition coefficient (Wildman–Crippen LogP) is 2.37. The molecule has 1 aliphatic rings. The van der Waals surface area contributed by atoms with Gasteiger partial charge in [0.05, 0.1) is 12.2 Å². The normalized spacial score (nSPS) is 18.4. The predicted molar refractivity (Wildman–Crippen MR) is 69.0 cm³/mol. The van der Waals surface area contributed by atoms with Gasteiger partial charge in [-0.05, 0) is 12.8 Å². The van der Waals surface area contributed by atoms with E-state index in [1.54, 1.807) is 17.5 Å². The molecule has 1 fully saturated rings. The maximum Gasteiger partial charge on any atom is 0.203 e. The third kappa shape index (κ3) is 2.38. The van der Waals surface area contributed by atoms with E-state index in [-0.39, 0.29) is 0 Å². The standard InChI is InChI=1S/C12H16N4OS/c1-16-12(14-9-5-3-2-4-6-9)18-11(15-16)10-7-8-13-17-10/h7-9H,2-6H2,1H3. The topological polar surface area (TPSA) is 56.2 Å². The summed E-state index contributed by atoms with van der Waals surface area (Å²) >= 11 is 1.56. The Morgan fingerprint density at radius 2 is 2.22 bits per heavy atom. The number of aryl methyl sites for hydroxylation is 1. The Morgan fingerprint density at radius 3 is 2.94 bits per heavy atom. The SMILES string of the molecule is Cn1nc(-c2ccno2)sc1=NC1CCCCC1. The zero-order chi connectivity index (χ0) is 12.4. The first-order valence-corrected chi connectivity index (χ1v) is 7.13. The van der Waals surface area contributed by atoms with Gasteiger partial charge in [0.15, 0.2) is 10.8 Å². The van der Waals surface area contributed by atoms with Crippen molar-refractivity contribution >= 4 is 11.3 Å². The van der Waals surface area contributed by atoms with Crippen LogP contribution >= 0.6 is 11.3 Å². The fourth-order valence-corrected chi connectivity index (χ4v) is 3.17. The van der Waals surface area contributed by atoms with Crippen LogP contribution in [0.5, 0.6) is 0 Å². The van der Waals surface area contributed by atoms with Crippen LogP contribution in [0.2, 0.25) is 0 Å². The Morgan fingerprint density at radius 1 is 1.39 bits per heavy atom. The second-order valence-electron chi connectivity index (χ2n) is 4.61. The van der Waals surface area contributed by atoms with Gasteiger partial charge in [-0.2, -0.15) is 5.10 Å². The van der Waals surface area contributed by atoms with Crippen molar-refractivity contribution in [3.63, 3.8) is 0 Å². The van der Waals surface area contributed by atoms with Gasteiger partial charge >= 0.3 is 0 Å². The van der Waals surface area contributed by atoms with Crippen LogP contribution in [-0.2, 0) is 7.05 Å². The largest absolute Gasteiger partial charge is 0.354 e. The minimum atomic E-state index is 0.466. The summed E-state index contributed by atoms with van der Waals surface area (Å²) in [6.07, 6.45) is 7.99. The Balaban J connectivity index is 1.90. The van der Waals surface area contributed by atoms with Gasteiger partial charge < -0.3 is 4.52 Å². The summed E-state index contributed by atoms with van der Waals surface area (Å²) < 4.78 is 6.95. The van der Waals surface area contributed by atoms with Gasteiger partial charge in [0.2, 0.25) is 4.80 Å². The molecular weight excluding hydrogens is 248 g/mol.